The van der Waals surface area contributed by atoms with Gasteiger partial charge in [-0.2, -0.15) is 13.2 Å². The SMILES string of the molecule is NC(=O)N1CC(CC2CC2)CC(NCC(F)(F)F)C1. The van der Waals surface area contributed by atoms with Crippen molar-refractivity contribution in [3.05, 3.63) is 0 Å². The third kappa shape index (κ3) is 4.89. The number of nitrogens with two attached hydrogens (primary N) is 1. The number of halogens is 3. The summed E-state index contributed by atoms with van der Waals surface area (Å²) < 4.78 is 36.6. The number of urea groups is 1. The van der Waals surface area contributed by atoms with Crippen molar-refractivity contribution in [3.8, 4) is 0 Å². The van der Waals surface area contributed by atoms with Gasteiger partial charge in [-0.3, -0.25) is 0 Å². The Hall–Kier alpha value is -0.980. The Labute approximate surface area is 110 Å². The lowest BCUT2D eigenvalue weighted by Gasteiger charge is -2.37. The van der Waals surface area contributed by atoms with Gasteiger partial charge in [-0.05, 0) is 24.7 Å². The summed E-state index contributed by atoms with van der Waals surface area (Å²) in [5.74, 6) is 0.959. The maximum Gasteiger partial charge on any atom is 0.401 e. The second-order valence-corrected chi connectivity index (χ2v) is 5.72. The first-order valence-electron chi connectivity index (χ1n) is 6.68. The molecule has 1 heterocycles. The van der Waals surface area contributed by atoms with Crippen molar-refractivity contribution in [2.75, 3.05) is 19.6 Å². The summed E-state index contributed by atoms with van der Waals surface area (Å²) in [6, 6.07) is -0.856. The molecule has 0 spiro atoms. The molecule has 1 saturated heterocycles. The van der Waals surface area contributed by atoms with Crippen LogP contribution >= 0.6 is 0 Å². The summed E-state index contributed by atoms with van der Waals surface area (Å²) >= 11 is 0. The van der Waals surface area contributed by atoms with Gasteiger partial charge in [0.05, 0.1) is 6.54 Å². The van der Waals surface area contributed by atoms with E-state index in [-0.39, 0.29) is 18.5 Å². The number of hydrogen-bond donors (Lipinski definition) is 2. The number of carbonyl (C=O) groups excluding carboxylic acids is 1. The lowest BCUT2D eigenvalue weighted by molar-refractivity contribution is -0.127. The molecule has 1 saturated carbocycles. The summed E-state index contributed by atoms with van der Waals surface area (Å²) in [6.07, 6.45) is -0.132. The quantitative estimate of drug-likeness (QED) is 0.823. The van der Waals surface area contributed by atoms with E-state index < -0.39 is 18.8 Å². The number of nitrogens with zero attached hydrogens (tertiary/aromatic N) is 1. The van der Waals surface area contributed by atoms with E-state index in [1.807, 2.05) is 0 Å². The first-order valence-corrected chi connectivity index (χ1v) is 6.68. The standard InChI is InChI=1S/C12H20F3N3O/c13-12(14,15)7-17-10-4-9(3-8-1-2-8)5-18(6-10)11(16)19/h8-10,17H,1-7H2,(H2,16,19). The van der Waals surface area contributed by atoms with Gasteiger partial charge in [-0.25, -0.2) is 4.79 Å². The second kappa shape index (κ2) is 5.56. The zero-order valence-electron chi connectivity index (χ0n) is 10.7. The number of amides is 2. The van der Waals surface area contributed by atoms with Crippen molar-refractivity contribution in [2.45, 2.75) is 37.9 Å². The van der Waals surface area contributed by atoms with Gasteiger partial charge in [0.25, 0.3) is 0 Å². The van der Waals surface area contributed by atoms with Crippen LogP contribution in [0, 0.1) is 11.8 Å². The first-order chi connectivity index (χ1) is 8.83. The molecule has 0 bridgehead atoms. The van der Waals surface area contributed by atoms with Crippen molar-refractivity contribution in [2.24, 2.45) is 17.6 Å². The molecular weight excluding hydrogens is 259 g/mol. The van der Waals surface area contributed by atoms with Gasteiger partial charge in [0.15, 0.2) is 0 Å². The topological polar surface area (TPSA) is 58.4 Å². The van der Waals surface area contributed by atoms with Crippen molar-refractivity contribution >= 4 is 6.03 Å². The Balaban J connectivity index is 1.87. The van der Waals surface area contributed by atoms with Crippen LogP contribution in [0.15, 0.2) is 0 Å². The summed E-state index contributed by atoms with van der Waals surface area (Å²) in [6.45, 7) is -0.164. The molecule has 2 unspecified atom stereocenters. The van der Waals surface area contributed by atoms with E-state index in [4.69, 9.17) is 5.73 Å². The highest BCUT2D eigenvalue weighted by Gasteiger charge is 2.35. The number of likely N-dealkylation sites (tertiary alicyclic amines) is 1. The molecule has 0 radical (unpaired) electrons. The largest absolute Gasteiger partial charge is 0.401 e. The Morgan fingerprint density at radius 3 is 2.47 bits per heavy atom. The van der Waals surface area contributed by atoms with E-state index in [1.165, 1.54) is 17.7 Å². The summed E-state index contributed by atoms with van der Waals surface area (Å²) in [5.41, 5.74) is 5.26. The van der Waals surface area contributed by atoms with E-state index in [1.54, 1.807) is 0 Å². The molecule has 7 heteroatoms. The molecule has 0 aromatic carbocycles. The Bertz CT molecular complexity index is 331. The molecule has 0 aromatic heterocycles. The van der Waals surface area contributed by atoms with Crippen LogP contribution in [0.3, 0.4) is 0 Å². The van der Waals surface area contributed by atoms with Gasteiger partial charge in [0.2, 0.25) is 0 Å². The Morgan fingerprint density at radius 2 is 1.95 bits per heavy atom. The monoisotopic (exact) mass is 279 g/mol. The molecule has 2 amide bonds. The van der Waals surface area contributed by atoms with E-state index in [0.29, 0.717) is 18.9 Å². The third-order valence-electron chi connectivity index (χ3n) is 3.80. The molecular formula is C12H20F3N3O. The average molecular weight is 279 g/mol. The Morgan fingerprint density at radius 1 is 1.26 bits per heavy atom. The zero-order chi connectivity index (χ0) is 14.0. The van der Waals surface area contributed by atoms with Crippen LogP contribution in [0.2, 0.25) is 0 Å². The molecule has 0 aromatic rings. The number of primary amides is 1. The van der Waals surface area contributed by atoms with Crippen molar-refractivity contribution < 1.29 is 18.0 Å². The zero-order valence-corrected chi connectivity index (χ0v) is 10.7. The first kappa shape index (κ1) is 14.4. The molecule has 110 valence electrons. The van der Waals surface area contributed by atoms with Crippen LogP contribution in [0.25, 0.3) is 0 Å². The highest BCUT2D eigenvalue weighted by Crippen LogP contribution is 2.37. The second-order valence-electron chi connectivity index (χ2n) is 5.72. The molecule has 3 N–H and O–H groups in total. The summed E-state index contributed by atoms with van der Waals surface area (Å²) in [4.78, 5) is 12.7. The molecule has 2 rings (SSSR count). The van der Waals surface area contributed by atoms with Crippen LogP contribution < -0.4 is 11.1 Å². The van der Waals surface area contributed by atoms with Crippen LogP contribution in [-0.4, -0.2) is 42.8 Å². The highest BCUT2D eigenvalue weighted by molar-refractivity contribution is 5.72. The van der Waals surface area contributed by atoms with Crippen LogP contribution in [-0.2, 0) is 0 Å². The number of hydrogen-bond acceptors (Lipinski definition) is 2. The van der Waals surface area contributed by atoms with Crippen molar-refractivity contribution in [1.82, 2.24) is 10.2 Å². The number of piperidine rings is 1. The van der Waals surface area contributed by atoms with Crippen molar-refractivity contribution in [1.29, 1.82) is 0 Å². The fourth-order valence-corrected chi connectivity index (χ4v) is 2.79. The van der Waals surface area contributed by atoms with Crippen molar-refractivity contribution in [3.63, 3.8) is 0 Å². The molecule has 19 heavy (non-hydrogen) atoms. The maximum atomic E-state index is 12.2. The number of alkyl halides is 3. The minimum atomic E-state index is -4.22. The minimum absolute atomic E-state index is 0.263. The minimum Gasteiger partial charge on any atom is -0.351 e. The predicted molar refractivity (Wildman–Crippen MR) is 64.5 cm³/mol. The number of rotatable bonds is 4. The smallest absolute Gasteiger partial charge is 0.351 e. The molecule has 4 nitrogen and oxygen atoms in total. The van der Waals surface area contributed by atoms with Gasteiger partial charge in [0, 0.05) is 19.1 Å². The van der Waals surface area contributed by atoms with Crippen LogP contribution in [0.5, 0.6) is 0 Å². The lowest BCUT2D eigenvalue weighted by atomic mass is 9.90. The van der Waals surface area contributed by atoms with E-state index in [0.717, 1.165) is 6.42 Å². The average Bonchev–Trinajstić information content (AvgIpc) is 3.09. The van der Waals surface area contributed by atoms with E-state index in [2.05, 4.69) is 5.32 Å². The molecule has 2 fully saturated rings. The number of carbonyl (C=O) groups is 1. The number of nitrogens with one attached hydrogen (secondary N) is 1. The Kier molecular flexibility index (Phi) is 4.23. The molecule has 2 atom stereocenters. The fraction of sp³-hybridized carbons (Fsp3) is 0.917. The maximum absolute atomic E-state index is 12.2. The van der Waals surface area contributed by atoms with Gasteiger partial charge in [-0.1, -0.05) is 12.8 Å². The highest BCUT2D eigenvalue weighted by atomic mass is 19.4. The van der Waals surface area contributed by atoms with Gasteiger partial charge in [0.1, 0.15) is 0 Å². The predicted octanol–water partition coefficient (Wildman–Crippen LogP) is 1.71. The fourth-order valence-electron chi connectivity index (χ4n) is 2.79. The molecule has 1 aliphatic carbocycles. The normalized spacial score (nSPS) is 28.5. The van der Waals surface area contributed by atoms with Gasteiger partial charge in [-0.15, -0.1) is 0 Å². The lowest BCUT2D eigenvalue weighted by Crippen LogP contribution is -2.54. The summed E-state index contributed by atoms with van der Waals surface area (Å²) in [7, 11) is 0. The molecule has 1 aliphatic heterocycles. The van der Waals surface area contributed by atoms with E-state index in [9.17, 15) is 18.0 Å². The van der Waals surface area contributed by atoms with Gasteiger partial charge < -0.3 is 16.0 Å². The van der Waals surface area contributed by atoms with E-state index >= 15 is 0 Å². The van der Waals surface area contributed by atoms with Gasteiger partial charge >= 0.3 is 12.2 Å². The van der Waals surface area contributed by atoms with Crippen LogP contribution in [0.1, 0.15) is 25.7 Å². The third-order valence-corrected chi connectivity index (χ3v) is 3.80. The van der Waals surface area contributed by atoms with Crippen LogP contribution in [0.4, 0.5) is 18.0 Å². The molecule has 2 aliphatic rings. The summed E-state index contributed by atoms with van der Waals surface area (Å²) in [5, 5.41) is 2.50.